The van der Waals surface area contributed by atoms with Crippen molar-refractivity contribution < 1.29 is 23.9 Å². The third kappa shape index (κ3) is 4.44. The number of nitrogens with zero attached hydrogens (tertiary/aromatic N) is 2. The maximum atomic E-state index is 12.8. The first-order chi connectivity index (χ1) is 13.1. The van der Waals surface area contributed by atoms with Crippen LogP contribution in [0.3, 0.4) is 0 Å². The van der Waals surface area contributed by atoms with Gasteiger partial charge in [-0.3, -0.25) is 9.48 Å². The van der Waals surface area contributed by atoms with Crippen molar-refractivity contribution in [3.8, 4) is 0 Å². The van der Waals surface area contributed by atoms with Gasteiger partial charge in [0.2, 0.25) is 0 Å². The molecule has 0 atom stereocenters. The van der Waals surface area contributed by atoms with Crippen LogP contribution in [0.4, 0.5) is 5.00 Å². The Morgan fingerprint density at radius 3 is 2.39 bits per heavy atom. The summed E-state index contributed by atoms with van der Waals surface area (Å²) in [5.41, 5.74) is 1.50. The molecule has 0 unspecified atom stereocenters. The van der Waals surface area contributed by atoms with Gasteiger partial charge in [0, 0.05) is 7.05 Å². The topological polar surface area (TPSA) is 99.5 Å². The Morgan fingerprint density at radius 1 is 1.25 bits per heavy atom. The van der Waals surface area contributed by atoms with E-state index in [4.69, 9.17) is 9.47 Å². The number of aromatic nitrogens is 2. The molecule has 2 aromatic rings. The van der Waals surface area contributed by atoms with Crippen LogP contribution >= 0.6 is 27.3 Å². The van der Waals surface area contributed by atoms with Crippen molar-refractivity contribution in [1.29, 1.82) is 0 Å². The average Bonchev–Trinajstić information content (AvgIpc) is 3.03. The molecule has 2 aromatic heterocycles. The second-order valence-electron chi connectivity index (χ2n) is 6.26. The van der Waals surface area contributed by atoms with E-state index in [1.54, 1.807) is 41.7 Å². The van der Waals surface area contributed by atoms with E-state index in [9.17, 15) is 14.4 Å². The SMILES string of the molecule is CCOC(=O)c1sc(NC(=O)c2c(Br)c(C)nn2C)c(C(=O)OC(C)C)c1C. The Bertz CT molecular complexity index is 932. The van der Waals surface area contributed by atoms with E-state index < -0.39 is 17.8 Å². The molecule has 2 rings (SSSR count). The van der Waals surface area contributed by atoms with E-state index >= 15 is 0 Å². The molecule has 10 heteroatoms. The van der Waals surface area contributed by atoms with E-state index in [1.165, 1.54) is 4.68 Å². The van der Waals surface area contributed by atoms with Gasteiger partial charge in [-0.15, -0.1) is 11.3 Å². The van der Waals surface area contributed by atoms with Crippen molar-refractivity contribution in [1.82, 2.24) is 9.78 Å². The lowest BCUT2D eigenvalue weighted by atomic mass is 10.1. The zero-order valence-corrected chi connectivity index (χ0v) is 18.9. The van der Waals surface area contributed by atoms with Gasteiger partial charge >= 0.3 is 11.9 Å². The smallest absolute Gasteiger partial charge is 0.348 e. The van der Waals surface area contributed by atoms with Gasteiger partial charge in [-0.1, -0.05) is 0 Å². The van der Waals surface area contributed by atoms with Crippen LogP contribution in [0.2, 0.25) is 0 Å². The molecule has 1 amide bonds. The van der Waals surface area contributed by atoms with E-state index in [0.717, 1.165) is 11.3 Å². The molecular weight excluding hydrogens is 450 g/mol. The minimum Gasteiger partial charge on any atom is -0.462 e. The largest absolute Gasteiger partial charge is 0.462 e. The van der Waals surface area contributed by atoms with Crippen LogP contribution in [0.5, 0.6) is 0 Å². The molecule has 1 N–H and O–H groups in total. The zero-order valence-electron chi connectivity index (χ0n) is 16.5. The first-order valence-electron chi connectivity index (χ1n) is 8.60. The van der Waals surface area contributed by atoms with E-state index in [2.05, 4.69) is 26.3 Å². The quantitative estimate of drug-likeness (QED) is 0.642. The van der Waals surface area contributed by atoms with Gasteiger partial charge in [0.15, 0.2) is 0 Å². The lowest BCUT2D eigenvalue weighted by Crippen LogP contribution is -2.19. The number of hydrogen-bond acceptors (Lipinski definition) is 7. The van der Waals surface area contributed by atoms with Crippen molar-refractivity contribution in [2.24, 2.45) is 7.05 Å². The normalized spacial score (nSPS) is 10.9. The number of thiophene rings is 1. The molecule has 152 valence electrons. The summed E-state index contributed by atoms with van der Waals surface area (Å²) >= 11 is 4.33. The highest BCUT2D eigenvalue weighted by Crippen LogP contribution is 2.35. The molecule has 0 spiro atoms. The Morgan fingerprint density at radius 2 is 1.89 bits per heavy atom. The van der Waals surface area contributed by atoms with Crippen molar-refractivity contribution in [2.75, 3.05) is 11.9 Å². The van der Waals surface area contributed by atoms with Crippen LogP contribution in [-0.4, -0.2) is 40.3 Å². The highest BCUT2D eigenvalue weighted by molar-refractivity contribution is 9.10. The highest BCUT2D eigenvalue weighted by atomic mass is 79.9. The zero-order chi connectivity index (χ0) is 21.2. The van der Waals surface area contributed by atoms with Gasteiger partial charge in [0.05, 0.1) is 28.4 Å². The van der Waals surface area contributed by atoms with Crippen molar-refractivity contribution in [3.05, 3.63) is 31.9 Å². The van der Waals surface area contributed by atoms with E-state index in [0.29, 0.717) is 21.4 Å². The van der Waals surface area contributed by atoms with Crippen LogP contribution in [0, 0.1) is 13.8 Å². The van der Waals surface area contributed by atoms with Crippen LogP contribution < -0.4 is 5.32 Å². The van der Waals surface area contributed by atoms with Crippen molar-refractivity contribution in [2.45, 2.75) is 40.7 Å². The van der Waals surface area contributed by atoms with Crippen LogP contribution in [-0.2, 0) is 16.5 Å². The minimum absolute atomic E-state index is 0.144. The summed E-state index contributed by atoms with van der Waals surface area (Å²) in [6.45, 7) is 8.73. The van der Waals surface area contributed by atoms with Gasteiger partial charge < -0.3 is 14.8 Å². The van der Waals surface area contributed by atoms with Gasteiger partial charge in [-0.05, 0) is 56.1 Å². The van der Waals surface area contributed by atoms with Gasteiger partial charge in [0.25, 0.3) is 5.91 Å². The van der Waals surface area contributed by atoms with Crippen molar-refractivity contribution >= 4 is 50.1 Å². The summed E-state index contributed by atoms with van der Waals surface area (Å²) in [5, 5.41) is 7.13. The molecule has 2 heterocycles. The third-order valence-corrected chi connectivity index (χ3v) is 5.88. The number of amides is 1. The van der Waals surface area contributed by atoms with Crippen molar-refractivity contribution in [3.63, 3.8) is 0 Å². The number of rotatable bonds is 6. The average molecular weight is 472 g/mol. The fourth-order valence-corrected chi connectivity index (χ4v) is 4.15. The number of carbonyl (C=O) groups is 3. The number of hydrogen-bond donors (Lipinski definition) is 1. The molecule has 0 saturated carbocycles. The van der Waals surface area contributed by atoms with E-state index in [-0.39, 0.29) is 28.2 Å². The predicted molar refractivity (Wildman–Crippen MR) is 109 cm³/mol. The maximum Gasteiger partial charge on any atom is 0.348 e. The Kier molecular flexibility index (Phi) is 7.00. The first kappa shape index (κ1) is 22.1. The summed E-state index contributed by atoms with van der Waals surface area (Å²) in [6, 6.07) is 0. The Balaban J connectivity index is 2.49. The molecule has 0 radical (unpaired) electrons. The Labute approximate surface area is 175 Å². The van der Waals surface area contributed by atoms with Gasteiger partial charge in [-0.25, -0.2) is 9.59 Å². The second-order valence-corrected chi connectivity index (χ2v) is 8.07. The summed E-state index contributed by atoms with van der Waals surface area (Å²) in [7, 11) is 1.64. The Hall–Kier alpha value is -2.20. The number of esters is 2. The number of aryl methyl sites for hydroxylation is 2. The number of carbonyl (C=O) groups excluding carboxylic acids is 3. The molecule has 0 aliphatic carbocycles. The standard InChI is InChI=1S/C18H22BrN3O5S/c1-7-26-18(25)14-9(4)11(17(24)27-8(2)3)16(28-14)20-15(23)13-12(19)10(5)21-22(13)6/h8H,7H2,1-6H3,(H,20,23). The number of ether oxygens (including phenoxy) is 2. The lowest BCUT2D eigenvalue weighted by Gasteiger charge is -2.10. The molecule has 28 heavy (non-hydrogen) atoms. The first-order valence-corrected chi connectivity index (χ1v) is 10.2. The third-order valence-electron chi connectivity index (χ3n) is 3.75. The molecule has 0 saturated heterocycles. The monoisotopic (exact) mass is 471 g/mol. The molecule has 0 fully saturated rings. The molecule has 0 aliphatic rings. The minimum atomic E-state index is -0.616. The number of nitrogens with one attached hydrogen (secondary N) is 1. The fraction of sp³-hybridized carbons (Fsp3) is 0.444. The van der Waals surface area contributed by atoms with Crippen LogP contribution in [0.25, 0.3) is 0 Å². The summed E-state index contributed by atoms with van der Waals surface area (Å²) < 4.78 is 12.3. The molecule has 0 aliphatic heterocycles. The summed E-state index contributed by atoms with van der Waals surface area (Å²) in [6.07, 6.45) is -0.352. The second kappa shape index (κ2) is 8.87. The molecule has 0 bridgehead atoms. The lowest BCUT2D eigenvalue weighted by molar-refractivity contribution is 0.0379. The number of halogens is 1. The summed E-state index contributed by atoms with van der Waals surface area (Å²) in [5.74, 6) is -1.64. The molecule has 0 aromatic carbocycles. The highest BCUT2D eigenvalue weighted by Gasteiger charge is 2.29. The summed E-state index contributed by atoms with van der Waals surface area (Å²) in [4.78, 5) is 37.9. The van der Waals surface area contributed by atoms with Crippen LogP contribution in [0.15, 0.2) is 4.47 Å². The number of anilines is 1. The fourth-order valence-electron chi connectivity index (χ4n) is 2.55. The molecule has 8 nitrogen and oxygen atoms in total. The predicted octanol–water partition coefficient (Wildman–Crippen LogP) is 3.86. The van der Waals surface area contributed by atoms with Gasteiger partial charge in [-0.2, -0.15) is 5.10 Å². The maximum absolute atomic E-state index is 12.8. The van der Waals surface area contributed by atoms with Gasteiger partial charge in [0.1, 0.15) is 15.6 Å². The molecular formula is C18H22BrN3O5S. The van der Waals surface area contributed by atoms with Crippen LogP contribution in [0.1, 0.15) is 62.5 Å². The van der Waals surface area contributed by atoms with E-state index in [1.807, 2.05) is 0 Å².